The Balaban J connectivity index is 1.68. The fraction of sp³-hybridized carbons (Fsp3) is 0.364. The number of pyridine rings is 1. The lowest BCUT2D eigenvalue weighted by atomic mass is 9.98. The van der Waals surface area contributed by atoms with Gasteiger partial charge in [-0.05, 0) is 48.9 Å². The highest BCUT2D eigenvalue weighted by Gasteiger charge is 2.26. The molecule has 0 radical (unpaired) electrons. The van der Waals surface area contributed by atoms with Crippen LogP contribution in [0.2, 0.25) is 0 Å². The van der Waals surface area contributed by atoms with Gasteiger partial charge in [0.05, 0.1) is 0 Å². The first-order valence-corrected chi connectivity index (χ1v) is 9.68. The number of hydrogen-bond donors (Lipinski definition) is 2. The van der Waals surface area contributed by atoms with E-state index >= 15 is 0 Å². The van der Waals surface area contributed by atoms with Gasteiger partial charge >= 0.3 is 0 Å². The molecule has 0 spiro atoms. The van der Waals surface area contributed by atoms with Crippen molar-refractivity contribution in [2.75, 3.05) is 13.3 Å². The summed E-state index contributed by atoms with van der Waals surface area (Å²) >= 11 is 0. The third-order valence-corrected chi connectivity index (χ3v) is 5.16. The summed E-state index contributed by atoms with van der Waals surface area (Å²) in [6.07, 6.45) is 5.36. The first-order chi connectivity index (χ1) is 13.6. The van der Waals surface area contributed by atoms with E-state index in [-0.39, 0.29) is 24.1 Å². The molecule has 146 valence electrons. The number of nitrogens with one attached hydrogen (secondary N) is 2. The van der Waals surface area contributed by atoms with Gasteiger partial charge in [0.15, 0.2) is 0 Å². The number of carbonyl (C=O) groups is 1. The third kappa shape index (κ3) is 4.16. The topological polar surface area (TPSA) is 71.2 Å². The molecule has 2 aromatic rings. The minimum absolute atomic E-state index is 0.0199. The van der Waals surface area contributed by atoms with Gasteiger partial charge in [-0.25, -0.2) is 4.39 Å². The summed E-state index contributed by atoms with van der Waals surface area (Å²) in [6, 6.07) is 11.1. The molecule has 2 N–H and O–H groups in total. The highest BCUT2D eigenvalue weighted by Crippen LogP contribution is 2.38. The van der Waals surface area contributed by atoms with Crippen LogP contribution in [0.3, 0.4) is 0 Å². The van der Waals surface area contributed by atoms with Crippen molar-refractivity contribution in [2.45, 2.75) is 37.6 Å². The zero-order valence-electron chi connectivity index (χ0n) is 15.5. The summed E-state index contributed by atoms with van der Waals surface area (Å²) in [4.78, 5) is 27.1. The molecule has 1 aromatic carbocycles. The van der Waals surface area contributed by atoms with Crippen LogP contribution in [0.1, 0.15) is 48.4 Å². The molecular formula is C22H23FN2O3. The summed E-state index contributed by atoms with van der Waals surface area (Å²) in [6.45, 7) is -0.519. The van der Waals surface area contributed by atoms with Crippen molar-refractivity contribution in [3.63, 3.8) is 0 Å². The molecule has 1 aromatic heterocycles. The van der Waals surface area contributed by atoms with Crippen molar-refractivity contribution < 1.29 is 13.9 Å². The van der Waals surface area contributed by atoms with Crippen molar-refractivity contribution in [3.8, 4) is 5.75 Å². The number of aromatic amines is 1. The number of amides is 1. The lowest BCUT2D eigenvalue weighted by Gasteiger charge is -2.13. The first-order valence-electron chi connectivity index (χ1n) is 9.68. The van der Waals surface area contributed by atoms with Gasteiger partial charge in [-0.3, -0.25) is 9.59 Å². The maximum atomic E-state index is 12.5. The first kappa shape index (κ1) is 18.5. The van der Waals surface area contributed by atoms with E-state index in [2.05, 4.69) is 10.3 Å². The van der Waals surface area contributed by atoms with Crippen LogP contribution < -0.4 is 15.6 Å². The van der Waals surface area contributed by atoms with E-state index in [1.54, 1.807) is 12.1 Å². The Bertz CT molecular complexity index is 945. The smallest absolute Gasteiger partial charge is 0.251 e. The molecular weight excluding hydrogens is 359 g/mol. The quantitative estimate of drug-likeness (QED) is 0.772. The Morgan fingerprint density at radius 1 is 1.11 bits per heavy atom. The zero-order valence-corrected chi connectivity index (χ0v) is 15.5. The van der Waals surface area contributed by atoms with E-state index in [0.717, 1.165) is 36.0 Å². The monoisotopic (exact) mass is 382 g/mol. The molecule has 6 heteroatoms. The fourth-order valence-electron chi connectivity index (χ4n) is 3.55. The van der Waals surface area contributed by atoms with Gasteiger partial charge in [-0.2, -0.15) is 0 Å². The molecule has 0 bridgehead atoms. The lowest BCUT2D eigenvalue weighted by Crippen LogP contribution is -2.23. The number of carbonyl (C=O) groups excluding carboxylic acids is 1. The number of aromatic nitrogens is 1. The highest BCUT2D eigenvalue weighted by atomic mass is 19.1. The van der Waals surface area contributed by atoms with Crippen LogP contribution in [0.5, 0.6) is 5.75 Å². The number of benzene rings is 1. The molecule has 5 nitrogen and oxygen atoms in total. The second-order valence-electron chi connectivity index (χ2n) is 7.29. The Labute approximate surface area is 162 Å². The molecule has 2 heterocycles. The van der Waals surface area contributed by atoms with E-state index in [0.29, 0.717) is 23.8 Å². The van der Waals surface area contributed by atoms with Gasteiger partial charge in [-0.15, -0.1) is 0 Å². The molecule has 1 saturated carbocycles. The predicted octanol–water partition coefficient (Wildman–Crippen LogP) is 3.31. The van der Waals surface area contributed by atoms with Crippen molar-refractivity contribution in [3.05, 3.63) is 69.6 Å². The minimum atomic E-state index is -0.539. The van der Waals surface area contributed by atoms with Crippen LogP contribution in [-0.2, 0) is 4.79 Å². The molecule has 1 aliphatic carbocycles. The van der Waals surface area contributed by atoms with Crippen LogP contribution in [0.15, 0.2) is 47.3 Å². The molecule has 2 fully saturated rings. The number of halogens is 1. The minimum Gasteiger partial charge on any atom is -0.491 e. The SMILES string of the molecule is O=C1CC[C@H](/C=C(/c2ccc(OCCF)cc2)c2ccc(C3CC3)c(=O)[nH]2)N1. The number of ether oxygens (including phenoxy) is 1. The molecule has 1 aliphatic heterocycles. The largest absolute Gasteiger partial charge is 0.491 e. The molecule has 2 aliphatic rings. The van der Waals surface area contributed by atoms with Crippen LogP contribution in [0, 0.1) is 0 Å². The van der Waals surface area contributed by atoms with Crippen molar-refractivity contribution >= 4 is 11.5 Å². The van der Waals surface area contributed by atoms with Gasteiger partial charge in [0.2, 0.25) is 5.91 Å². The average molecular weight is 382 g/mol. The van der Waals surface area contributed by atoms with Crippen LogP contribution in [0.25, 0.3) is 5.57 Å². The normalized spacial score (nSPS) is 19.5. The van der Waals surface area contributed by atoms with Crippen LogP contribution >= 0.6 is 0 Å². The molecule has 28 heavy (non-hydrogen) atoms. The van der Waals surface area contributed by atoms with Gasteiger partial charge in [0.25, 0.3) is 5.56 Å². The van der Waals surface area contributed by atoms with E-state index in [4.69, 9.17) is 4.74 Å². The number of alkyl halides is 1. The van der Waals surface area contributed by atoms with Crippen molar-refractivity contribution in [1.82, 2.24) is 10.3 Å². The van der Waals surface area contributed by atoms with Crippen LogP contribution in [0.4, 0.5) is 4.39 Å². The summed E-state index contributed by atoms with van der Waals surface area (Å²) in [5.41, 5.74) is 3.25. The van der Waals surface area contributed by atoms with Crippen molar-refractivity contribution in [1.29, 1.82) is 0 Å². The van der Waals surface area contributed by atoms with Crippen LogP contribution in [-0.4, -0.2) is 30.2 Å². The Morgan fingerprint density at radius 2 is 1.89 bits per heavy atom. The maximum Gasteiger partial charge on any atom is 0.251 e. The third-order valence-electron chi connectivity index (χ3n) is 5.16. The molecule has 0 unspecified atom stereocenters. The summed E-state index contributed by atoms with van der Waals surface area (Å²) in [5, 5.41) is 2.94. The highest BCUT2D eigenvalue weighted by molar-refractivity contribution is 5.82. The predicted molar refractivity (Wildman–Crippen MR) is 105 cm³/mol. The van der Waals surface area contributed by atoms with E-state index in [9.17, 15) is 14.0 Å². The van der Waals surface area contributed by atoms with E-state index in [1.807, 2.05) is 30.3 Å². The van der Waals surface area contributed by atoms with Gasteiger partial charge < -0.3 is 15.0 Å². The van der Waals surface area contributed by atoms with Gasteiger partial charge in [0.1, 0.15) is 19.0 Å². The molecule has 1 atom stereocenters. The number of hydrogen-bond acceptors (Lipinski definition) is 3. The van der Waals surface area contributed by atoms with E-state index < -0.39 is 6.67 Å². The Kier molecular flexibility index (Phi) is 5.28. The second-order valence-corrected chi connectivity index (χ2v) is 7.29. The number of rotatable bonds is 7. The van der Waals surface area contributed by atoms with Gasteiger partial charge in [0, 0.05) is 29.3 Å². The molecule has 1 amide bonds. The average Bonchev–Trinajstić information content (AvgIpc) is 3.46. The standard InChI is InChI=1S/C22H23FN2O3/c23-11-12-28-17-6-3-15(4-7-17)19(13-16-5-10-21(26)24-16)20-9-8-18(14-1-2-14)22(27)25-20/h3-4,6-9,13-14,16H,1-2,5,10-12H2,(H,24,26)(H,25,27)/b19-13-/t16-/m1/s1. The fourth-order valence-corrected chi connectivity index (χ4v) is 3.55. The van der Waals surface area contributed by atoms with Crippen molar-refractivity contribution in [2.24, 2.45) is 0 Å². The lowest BCUT2D eigenvalue weighted by molar-refractivity contribution is -0.119. The van der Waals surface area contributed by atoms with E-state index in [1.165, 1.54) is 0 Å². The molecule has 4 rings (SSSR count). The number of H-pyrrole nitrogens is 1. The Morgan fingerprint density at radius 3 is 2.50 bits per heavy atom. The Hall–Kier alpha value is -2.89. The molecule has 1 saturated heterocycles. The summed E-state index contributed by atoms with van der Waals surface area (Å²) in [7, 11) is 0. The van der Waals surface area contributed by atoms with Gasteiger partial charge in [-0.1, -0.05) is 24.3 Å². The zero-order chi connectivity index (χ0) is 19.5. The summed E-state index contributed by atoms with van der Waals surface area (Å²) < 4.78 is 17.6. The maximum absolute atomic E-state index is 12.5. The second kappa shape index (κ2) is 8.00. The summed E-state index contributed by atoms with van der Waals surface area (Å²) in [5.74, 6) is 1.01.